The Labute approximate surface area is 105 Å². The van der Waals surface area contributed by atoms with Gasteiger partial charge in [-0.15, -0.1) is 12.4 Å². The summed E-state index contributed by atoms with van der Waals surface area (Å²) in [5.74, 6) is 0.729. The van der Waals surface area contributed by atoms with Crippen LogP contribution in [-0.2, 0) is 4.79 Å². The third-order valence-electron chi connectivity index (χ3n) is 3.49. The normalized spacial score (nSPS) is 20.7. The number of halogens is 1. The SMILES string of the molecule is CC(N)C(C)C(=O)NCC1CCCCC1.Cl. The highest BCUT2D eigenvalue weighted by molar-refractivity contribution is 5.85. The molecule has 0 bridgehead atoms. The monoisotopic (exact) mass is 248 g/mol. The molecular formula is C12H25ClN2O. The van der Waals surface area contributed by atoms with Crippen molar-refractivity contribution in [3.8, 4) is 0 Å². The molecule has 3 nitrogen and oxygen atoms in total. The Morgan fingerprint density at radius 2 is 1.88 bits per heavy atom. The van der Waals surface area contributed by atoms with Gasteiger partial charge in [0.1, 0.15) is 0 Å². The minimum atomic E-state index is -0.0754. The molecule has 1 rings (SSSR count). The van der Waals surface area contributed by atoms with Gasteiger partial charge in [-0.25, -0.2) is 0 Å². The average molecular weight is 249 g/mol. The van der Waals surface area contributed by atoms with Crippen LogP contribution in [0.25, 0.3) is 0 Å². The lowest BCUT2D eigenvalue weighted by Crippen LogP contribution is -2.40. The zero-order valence-corrected chi connectivity index (χ0v) is 11.2. The maximum absolute atomic E-state index is 11.6. The van der Waals surface area contributed by atoms with Crippen LogP contribution in [0.5, 0.6) is 0 Å². The predicted octanol–water partition coefficient (Wildman–Crippen LogP) is 2.09. The molecule has 1 aliphatic carbocycles. The molecule has 1 fully saturated rings. The van der Waals surface area contributed by atoms with Crippen molar-refractivity contribution in [2.45, 2.75) is 52.0 Å². The molecule has 1 aliphatic rings. The lowest BCUT2D eigenvalue weighted by molar-refractivity contribution is -0.125. The highest BCUT2D eigenvalue weighted by Crippen LogP contribution is 2.22. The second kappa shape index (κ2) is 7.91. The van der Waals surface area contributed by atoms with Crippen LogP contribution in [0.3, 0.4) is 0 Å². The third kappa shape index (κ3) is 5.17. The van der Waals surface area contributed by atoms with E-state index in [1.807, 2.05) is 13.8 Å². The van der Waals surface area contributed by atoms with E-state index in [9.17, 15) is 4.79 Å². The summed E-state index contributed by atoms with van der Waals surface area (Å²) in [4.78, 5) is 11.6. The Hall–Kier alpha value is -0.280. The van der Waals surface area contributed by atoms with Crippen molar-refractivity contribution in [3.63, 3.8) is 0 Å². The molecule has 0 spiro atoms. The number of carbonyl (C=O) groups is 1. The van der Waals surface area contributed by atoms with Crippen molar-refractivity contribution in [1.29, 1.82) is 0 Å². The van der Waals surface area contributed by atoms with Gasteiger partial charge in [0.15, 0.2) is 0 Å². The first-order valence-corrected chi connectivity index (χ1v) is 6.14. The van der Waals surface area contributed by atoms with Crippen LogP contribution < -0.4 is 11.1 Å². The molecule has 1 amide bonds. The van der Waals surface area contributed by atoms with Crippen LogP contribution in [-0.4, -0.2) is 18.5 Å². The van der Waals surface area contributed by atoms with Crippen molar-refractivity contribution >= 4 is 18.3 Å². The van der Waals surface area contributed by atoms with E-state index in [0.717, 1.165) is 6.54 Å². The summed E-state index contributed by atoms with van der Waals surface area (Å²) in [6, 6.07) is -0.0589. The molecule has 16 heavy (non-hydrogen) atoms. The minimum absolute atomic E-state index is 0. The number of nitrogens with two attached hydrogens (primary N) is 1. The molecular weight excluding hydrogens is 224 g/mol. The van der Waals surface area contributed by atoms with E-state index in [2.05, 4.69) is 5.32 Å². The number of hydrogen-bond donors (Lipinski definition) is 2. The van der Waals surface area contributed by atoms with Crippen LogP contribution in [0.1, 0.15) is 46.0 Å². The smallest absolute Gasteiger partial charge is 0.224 e. The Morgan fingerprint density at radius 3 is 2.38 bits per heavy atom. The van der Waals surface area contributed by atoms with Gasteiger partial charge in [-0.1, -0.05) is 26.2 Å². The standard InChI is InChI=1S/C12H24N2O.ClH/c1-9(10(2)13)12(15)14-8-11-6-4-3-5-7-11;/h9-11H,3-8,13H2,1-2H3,(H,14,15);1H. The summed E-state index contributed by atoms with van der Waals surface area (Å²) >= 11 is 0. The lowest BCUT2D eigenvalue weighted by atomic mass is 9.89. The molecule has 0 heterocycles. The van der Waals surface area contributed by atoms with E-state index in [1.165, 1.54) is 32.1 Å². The second-order valence-electron chi connectivity index (χ2n) is 4.90. The third-order valence-corrected chi connectivity index (χ3v) is 3.49. The summed E-state index contributed by atoms with van der Waals surface area (Å²) in [6.07, 6.45) is 6.55. The van der Waals surface area contributed by atoms with E-state index < -0.39 is 0 Å². The number of nitrogens with one attached hydrogen (secondary N) is 1. The molecule has 0 aromatic rings. The van der Waals surface area contributed by atoms with Crippen molar-refractivity contribution in [1.82, 2.24) is 5.32 Å². The molecule has 0 saturated heterocycles. The van der Waals surface area contributed by atoms with Gasteiger partial charge in [-0.2, -0.15) is 0 Å². The molecule has 2 atom stereocenters. The van der Waals surface area contributed by atoms with Crippen molar-refractivity contribution in [2.75, 3.05) is 6.54 Å². The fourth-order valence-electron chi connectivity index (χ4n) is 2.04. The van der Waals surface area contributed by atoms with Gasteiger partial charge in [0.25, 0.3) is 0 Å². The number of amides is 1. The van der Waals surface area contributed by atoms with Gasteiger partial charge in [0.2, 0.25) is 5.91 Å². The molecule has 3 N–H and O–H groups in total. The predicted molar refractivity (Wildman–Crippen MR) is 69.6 cm³/mol. The number of rotatable bonds is 4. The summed E-state index contributed by atoms with van der Waals surface area (Å²) < 4.78 is 0. The quantitative estimate of drug-likeness (QED) is 0.801. The van der Waals surface area contributed by atoms with Crippen LogP contribution in [0.2, 0.25) is 0 Å². The fourth-order valence-corrected chi connectivity index (χ4v) is 2.04. The molecule has 1 saturated carbocycles. The Kier molecular flexibility index (Phi) is 7.77. The maximum atomic E-state index is 11.6. The van der Waals surface area contributed by atoms with Crippen molar-refractivity contribution in [2.24, 2.45) is 17.6 Å². The van der Waals surface area contributed by atoms with Gasteiger partial charge < -0.3 is 11.1 Å². The first-order valence-electron chi connectivity index (χ1n) is 6.14. The first kappa shape index (κ1) is 15.7. The van der Waals surface area contributed by atoms with Gasteiger partial charge in [-0.05, 0) is 25.7 Å². The Morgan fingerprint density at radius 1 is 1.31 bits per heavy atom. The molecule has 0 aromatic heterocycles. The molecule has 4 heteroatoms. The van der Waals surface area contributed by atoms with Crippen LogP contribution in [0, 0.1) is 11.8 Å². The van der Waals surface area contributed by atoms with Crippen LogP contribution in [0.15, 0.2) is 0 Å². The topological polar surface area (TPSA) is 55.1 Å². The van der Waals surface area contributed by atoms with Crippen molar-refractivity contribution in [3.05, 3.63) is 0 Å². The lowest BCUT2D eigenvalue weighted by Gasteiger charge is -2.23. The average Bonchev–Trinajstić information content (AvgIpc) is 2.26. The minimum Gasteiger partial charge on any atom is -0.356 e. The summed E-state index contributed by atoms with van der Waals surface area (Å²) in [5, 5.41) is 3.01. The molecule has 0 aliphatic heterocycles. The Balaban J connectivity index is 0.00000225. The zero-order valence-electron chi connectivity index (χ0n) is 10.4. The van der Waals surface area contributed by atoms with Gasteiger partial charge in [0.05, 0.1) is 0 Å². The summed E-state index contributed by atoms with van der Waals surface area (Å²) in [5.41, 5.74) is 5.68. The maximum Gasteiger partial charge on any atom is 0.224 e. The zero-order chi connectivity index (χ0) is 11.3. The number of hydrogen-bond acceptors (Lipinski definition) is 2. The van der Waals surface area contributed by atoms with Crippen LogP contribution in [0.4, 0.5) is 0 Å². The van der Waals surface area contributed by atoms with E-state index >= 15 is 0 Å². The van der Waals surface area contributed by atoms with Gasteiger partial charge in [-0.3, -0.25) is 4.79 Å². The molecule has 0 radical (unpaired) electrons. The first-order chi connectivity index (χ1) is 7.11. The van der Waals surface area contributed by atoms with Gasteiger partial charge >= 0.3 is 0 Å². The van der Waals surface area contributed by atoms with Gasteiger partial charge in [0, 0.05) is 18.5 Å². The summed E-state index contributed by atoms with van der Waals surface area (Å²) in [6.45, 7) is 4.61. The second-order valence-corrected chi connectivity index (χ2v) is 4.90. The molecule has 96 valence electrons. The highest BCUT2D eigenvalue weighted by atomic mass is 35.5. The summed E-state index contributed by atoms with van der Waals surface area (Å²) in [7, 11) is 0. The van der Waals surface area contributed by atoms with Crippen LogP contribution >= 0.6 is 12.4 Å². The number of carbonyl (C=O) groups excluding carboxylic acids is 1. The Bertz CT molecular complexity index is 203. The molecule has 2 unspecified atom stereocenters. The highest BCUT2D eigenvalue weighted by Gasteiger charge is 2.19. The molecule has 0 aromatic carbocycles. The van der Waals surface area contributed by atoms with Crippen molar-refractivity contribution < 1.29 is 4.79 Å². The van der Waals surface area contributed by atoms with E-state index in [0.29, 0.717) is 5.92 Å². The fraction of sp³-hybridized carbons (Fsp3) is 0.917. The largest absolute Gasteiger partial charge is 0.356 e. The van der Waals surface area contributed by atoms with E-state index in [-0.39, 0.29) is 30.3 Å². The van der Waals surface area contributed by atoms with E-state index in [1.54, 1.807) is 0 Å². The van der Waals surface area contributed by atoms with E-state index in [4.69, 9.17) is 5.73 Å².